The van der Waals surface area contributed by atoms with Crippen molar-refractivity contribution in [3.63, 3.8) is 0 Å². The zero-order valence-electron chi connectivity index (χ0n) is 10.6. The Bertz CT molecular complexity index is 691. The van der Waals surface area contributed by atoms with Crippen LogP contribution in [0.2, 0.25) is 0 Å². The van der Waals surface area contributed by atoms with Gasteiger partial charge in [-0.25, -0.2) is 0 Å². The van der Waals surface area contributed by atoms with Gasteiger partial charge in [0.1, 0.15) is 11.5 Å². The van der Waals surface area contributed by atoms with E-state index in [0.717, 1.165) is 0 Å². The van der Waals surface area contributed by atoms with Crippen LogP contribution >= 0.6 is 0 Å². The molecule has 0 amide bonds. The number of hydrogen-bond acceptors (Lipinski definition) is 5. The lowest BCUT2D eigenvalue weighted by atomic mass is 10.2. The molecule has 5 nitrogen and oxygen atoms in total. The molecule has 0 aliphatic carbocycles. The SMILES string of the molecule is Oc1ccc(CNc2ccc3c(c2)OC(F)(F)O3)c(O)c1. The van der Waals surface area contributed by atoms with Crippen molar-refractivity contribution in [2.75, 3.05) is 5.32 Å². The predicted molar refractivity (Wildman–Crippen MR) is 69.7 cm³/mol. The molecule has 7 heteroatoms. The minimum Gasteiger partial charge on any atom is -0.508 e. The van der Waals surface area contributed by atoms with Gasteiger partial charge in [-0.05, 0) is 24.3 Å². The number of aromatic hydroxyl groups is 2. The van der Waals surface area contributed by atoms with Crippen LogP contribution in [0.15, 0.2) is 36.4 Å². The Hall–Kier alpha value is -2.70. The normalized spacial score (nSPS) is 15.0. The van der Waals surface area contributed by atoms with Crippen molar-refractivity contribution in [3.8, 4) is 23.0 Å². The summed E-state index contributed by atoms with van der Waals surface area (Å²) in [6, 6.07) is 8.52. The number of halogens is 2. The third kappa shape index (κ3) is 2.76. The van der Waals surface area contributed by atoms with Crippen LogP contribution in [-0.4, -0.2) is 16.5 Å². The fraction of sp³-hybridized carbons (Fsp3) is 0.143. The molecule has 0 saturated heterocycles. The highest BCUT2D eigenvalue weighted by Gasteiger charge is 2.43. The highest BCUT2D eigenvalue weighted by Crippen LogP contribution is 2.42. The number of phenols is 2. The molecule has 0 atom stereocenters. The first-order valence-corrected chi connectivity index (χ1v) is 6.07. The lowest BCUT2D eigenvalue weighted by Gasteiger charge is -2.09. The van der Waals surface area contributed by atoms with Crippen molar-refractivity contribution < 1.29 is 28.5 Å². The third-order valence-corrected chi connectivity index (χ3v) is 2.95. The first kappa shape index (κ1) is 13.3. The maximum atomic E-state index is 12.9. The van der Waals surface area contributed by atoms with Crippen LogP contribution in [0.1, 0.15) is 5.56 Å². The molecular formula is C14H11F2NO4. The zero-order valence-corrected chi connectivity index (χ0v) is 10.6. The fourth-order valence-electron chi connectivity index (χ4n) is 1.96. The van der Waals surface area contributed by atoms with E-state index in [0.29, 0.717) is 11.3 Å². The number of phenolic OH excluding ortho intramolecular Hbond substituents is 2. The summed E-state index contributed by atoms with van der Waals surface area (Å²) in [5.74, 6) is -0.186. The molecule has 0 fully saturated rings. The molecule has 0 radical (unpaired) electrons. The first-order valence-electron chi connectivity index (χ1n) is 6.07. The van der Waals surface area contributed by atoms with Crippen molar-refractivity contribution in [1.82, 2.24) is 0 Å². The largest absolute Gasteiger partial charge is 0.586 e. The van der Waals surface area contributed by atoms with Crippen LogP contribution in [0.25, 0.3) is 0 Å². The van der Waals surface area contributed by atoms with E-state index in [2.05, 4.69) is 14.8 Å². The number of alkyl halides is 2. The quantitative estimate of drug-likeness (QED) is 0.812. The molecule has 0 spiro atoms. The van der Waals surface area contributed by atoms with Gasteiger partial charge in [0.2, 0.25) is 0 Å². The molecule has 3 rings (SSSR count). The van der Waals surface area contributed by atoms with Crippen LogP contribution < -0.4 is 14.8 Å². The summed E-state index contributed by atoms with van der Waals surface area (Å²) >= 11 is 0. The number of fused-ring (bicyclic) bond motifs is 1. The van der Waals surface area contributed by atoms with Crippen molar-refractivity contribution in [2.45, 2.75) is 12.8 Å². The third-order valence-electron chi connectivity index (χ3n) is 2.95. The highest BCUT2D eigenvalue weighted by atomic mass is 19.3. The van der Waals surface area contributed by atoms with Gasteiger partial charge < -0.3 is 25.0 Å². The van der Waals surface area contributed by atoms with E-state index in [9.17, 15) is 19.0 Å². The number of benzene rings is 2. The molecule has 0 unspecified atom stereocenters. The Balaban J connectivity index is 1.72. The lowest BCUT2D eigenvalue weighted by Crippen LogP contribution is -2.25. The molecule has 0 aromatic heterocycles. The second-order valence-electron chi connectivity index (χ2n) is 4.50. The maximum Gasteiger partial charge on any atom is 0.586 e. The van der Waals surface area contributed by atoms with Gasteiger partial charge in [-0.2, -0.15) is 0 Å². The summed E-state index contributed by atoms with van der Waals surface area (Å²) in [7, 11) is 0. The summed E-state index contributed by atoms with van der Waals surface area (Å²) in [6.07, 6.45) is -3.64. The van der Waals surface area contributed by atoms with Crippen LogP contribution in [-0.2, 0) is 6.54 Å². The Morgan fingerprint density at radius 2 is 1.76 bits per heavy atom. The number of ether oxygens (including phenoxy) is 2. The predicted octanol–water partition coefficient (Wildman–Crippen LogP) is 3.03. The highest BCUT2D eigenvalue weighted by molar-refractivity contribution is 5.56. The second kappa shape index (κ2) is 4.69. The Morgan fingerprint density at radius 3 is 2.52 bits per heavy atom. The summed E-state index contributed by atoms with van der Waals surface area (Å²) in [6.45, 7) is 0.252. The average Bonchev–Trinajstić information content (AvgIpc) is 2.70. The van der Waals surface area contributed by atoms with Crippen LogP contribution in [0.3, 0.4) is 0 Å². The molecule has 0 saturated carbocycles. The van der Waals surface area contributed by atoms with Gasteiger partial charge >= 0.3 is 6.29 Å². The minimum atomic E-state index is -3.64. The molecule has 2 aromatic rings. The van der Waals surface area contributed by atoms with Crippen LogP contribution in [0, 0.1) is 0 Å². The number of nitrogens with one attached hydrogen (secondary N) is 1. The molecule has 2 aromatic carbocycles. The Labute approximate surface area is 118 Å². The van der Waals surface area contributed by atoms with E-state index in [1.54, 1.807) is 12.1 Å². The molecule has 1 aliphatic rings. The summed E-state index contributed by atoms with van der Waals surface area (Å²) in [4.78, 5) is 0. The minimum absolute atomic E-state index is 0.0296. The standard InChI is InChI=1S/C14H11F2NO4/c15-14(16)20-12-4-2-9(5-13(12)21-14)17-7-8-1-3-10(18)6-11(8)19/h1-6,17-19H,7H2. The Kier molecular flexibility index (Phi) is 2.97. The fourth-order valence-corrected chi connectivity index (χ4v) is 1.96. The van der Waals surface area contributed by atoms with Crippen LogP contribution in [0.4, 0.5) is 14.5 Å². The lowest BCUT2D eigenvalue weighted by molar-refractivity contribution is -0.286. The number of rotatable bonds is 3. The van der Waals surface area contributed by atoms with Gasteiger partial charge in [-0.15, -0.1) is 8.78 Å². The number of hydrogen-bond donors (Lipinski definition) is 3. The van der Waals surface area contributed by atoms with E-state index in [4.69, 9.17) is 0 Å². The molecule has 110 valence electrons. The van der Waals surface area contributed by atoms with Crippen molar-refractivity contribution in [1.29, 1.82) is 0 Å². The molecule has 0 bridgehead atoms. The van der Waals surface area contributed by atoms with Crippen molar-refractivity contribution in [2.24, 2.45) is 0 Å². The van der Waals surface area contributed by atoms with E-state index in [1.807, 2.05) is 0 Å². The molecule has 1 heterocycles. The smallest absolute Gasteiger partial charge is 0.508 e. The van der Waals surface area contributed by atoms with E-state index < -0.39 is 6.29 Å². The summed E-state index contributed by atoms with van der Waals surface area (Å²) < 4.78 is 34.4. The van der Waals surface area contributed by atoms with E-state index in [1.165, 1.54) is 24.3 Å². The summed E-state index contributed by atoms with van der Waals surface area (Å²) in [5.41, 5.74) is 1.08. The van der Waals surface area contributed by atoms with E-state index >= 15 is 0 Å². The van der Waals surface area contributed by atoms with Gasteiger partial charge in [-0.1, -0.05) is 0 Å². The number of anilines is 1. The molecule has 21 heavy (non-hydrogen) atoms. The first-order chi connectivity index (χ1) is 9.93. The average molecular weight is 295 g/mol. The zero-order chi connectivity index (χ0) is 15.0. The van der Waals surface area contributed by atoms with E-state index in [-0.39, 0.29) is 29.5 Å². The van der Waals surface area contributed by atoms with Gasteiger partial charge in [-0.3, -0.25) is 0 Å². The maximum absolute atomic E-state index is 12.9. The monoisotopic (exact) mass is 295 g/mol. The van der Waals surface area contributed by atoms with Crippen LogP contribution in [0.5, 0.6) is 23.0 Å². The van der Waals surface area contributed by atoms with Gasteiger partial charge in [0, 0.05) is 29.9 Å². The Morgan fingerprint density at radius 1 is 1.00 bits per heavy atom. The van der Waals surface area contributed by atoms with Gasteiger partial charge in [0.25, 0.3) is 0 Å². The van der Waals surface area contributed by atoms with Gasteiger partial charge in [0.05, 0.1) is 0 Å². The van der Waals surface area contributed by atoms with Crippen molar-refractivity contribution in [3.05, 3.63) is 42.0 Å². The van der Waals surface area contributed by atoms with Gasteiger partial charge in [0.15, 0.2) is 11.5 Å². The molecule has 3 N–H and O–H groups in total. The topological polar surface area (TPSA) is 71.0 Å². The second-order valence-corrected chi connectivity index (χ2v) is 4.50. The molecule has 1 aliphatic heterocycles. The summed E-state index contributed by atoms with van der Waals surface area (Å²) in [5, 5.41) is 21.8. The molecular weight excluding hydrogens is 284 g/mol. The van der Waals surface area contributed by atoms with Crippen molar-refractivity contribution >= 4 is 5.69 Å².